The lowest BCUT2D eigenvalue weighted by molar-refractivity contribution is 0.0789. The molecule has 0 radical (unpaired) electrons. The van der Waals surface area contributed by atoms with E-state index in [1.807, 2.05) is 0 Å². The van der Waals surface area contributed by atoms with Gasteiger partial charge in [-0.1, -0.05) is 6.92 Å². The smallest absolute Gasteiger partial charge is 0.0255 e. The molecular formula is C11H16. The Labute approximate surface area is 68.4 Å². The Morgan fingerprint density at radius 3 is 2.18 bits per heavy atom. The molecule has 5 aliphatic rings. The fraction of sp³-hybridized carbons (Fsp3) is 1.00. The van der Waals surface area contributed by atoms with E-state index in [9.17, 15) is 0 Å². The Hall–Kier alpha value is 0. The quantitative estimate of drug-likeness (QED) is 0.495. The fourth-order valence-electron chi connectivity index (χ4n) is 5.48. The van der Waals surface area contributed by atoms with Crippen LogP contribution < -0.4 is 0 Å². The summed E-state index contributed by atoms with van der Waals surface area (Å²) in [6.45, 7) is 2.58. The summed E-state index contributed by atoms with van der Waals surface area (Å²) in [5.74, 6) is 5.99. The summed E-state index contributed by atoms with van der Waals surface area (Å²) in [6, 6.07) is 0. The van der Waals surface area contributed by atoms with E-state index < -0.39 is 0 Å². The van der Waals surface area contributed by atoms with Crippen molar-refractivity contribution in [3.8, 4) is 0 Å². The molecule has 60 valence electrons. The van der Waals surface area contributed by atoms with Crippen LogP contribution in [0.15, 0.2) is 0 Å². The third kappa shape index (κ3) is 0.421. The first-order valence-electron chi connectivity index (χ1n) is 5.29. The summed E-state index contributed by atoms with van der Waals surface area (Å²) < 4.78 is 0. The van der Waals surface area contributed by atoms with E-state index in [1.54, 1.807) is 25.7 Å². The molecule has 0 aromatic rings. The highest BCUT2D eigenvalue weighted by Gasteiger charge is 2.74. The molecule has 0 aromatic heterocycles. The van der Waals surface area contributed by atoms with Gasteiger partial charge in [-0.25, -0.2) is 0 Å². The standard InChI is InChI=1S/C11H16/c1-11-5-6-2-7-4-8(3-6)10(11)9(7)11/h6-10H,2-5H2,1H3. The van der Waals surface area contributed by atoms with Crippen LogP contribution in [0.5, 0.6) is 0 Å². The highest BCUT2D eigenvalue weighted by atomic mass is 14.8. The number of hydrogen-bond donors (Lipinski definition) is 0. The Morgan fingerprint density at radius 1 is 1.00 bits per heavy atom. The van der Waals surface area contributed by atoms with Crippen LogP contribution in [0, 0.1) is 35.0 Å². The summed E-state index contributed by atoms with van der Waals surface area (Å²) in [4.78, 5) is 0. The summed E-state index contributed by atoms with van der Waals surface area (Å²) in [5, 5.41) is 0. The van der Waals surface area contributed by atoms with E-state index in [0.717, 1.165) is 5.41 Å². The zero-order valence-electron chi connectivity index (χ0n) is 7.22. The highest BCUT2D eigenvalue weighted by Crippen LogP contribution is 2.81. The molecule has 5 aliphatic carbocycles. The Bertz CT molecular complexity index is 212. The number of rotatable bonds is 0. The molecule has 0 N–H and O–H groups in total. The molecule has 11 heavy (non-hydrogen) atoms. The van der Waals surface area contributed by atoms with E-state index in [4.69, 9.17) is 0 Å². The highest BCUT2D eigenvalue weighted by molar-refractivity contribution is 5.23. The molecule has 0 amide bonds. The molecule has 0 heterocycles. The van der Waals surface area contributed by atoms with Gasteiger partial charge in [0.2, 0.25) is 0 Å². The zero-order chi connectivity index (χ0) is 7.22. The average Bonchev–Trinajstić information content (AvgIpc) is 2.44. The van der Waals surface area contributed by atoms with E-state index in [1.165, 1.54) is 29.6 Å². The summed E-state index contributed by atoms with van der Waals surface area (Å²) in [5.41, 5.74) is 0.884. The van der Waals surface area contributed by atoms with Crippen LogP contribution in [0.2, 0.25) is 0 Å². The van der Waals surface area contributed by atoms with Crippen LogP contribution in [-0.4, -0.2) is 0 Å². The fourth-order valence-corrected chi connectivity index (χ4v) is 5.48. The van der Waals surface area contributed by atoms with Gasteiger partial charge in [0.05, 0.1) is 0 Å². The van der Waals surface area contributed by atoms with Crippen LogP contribution in [-0.2, 0) is 0 Å². The largest absolute Gasteiger partial charge is 0.0591 e. The van der Waals surface area contributed by atoms with Gasteiger partial charge in [-0.05, 0) is 60.7 Å². The predicted octanol–water partition coefficient (Wildman–Crippen LogP) is 2.69. The summed E-state index contributed by atoms with van der Waals surface area (Å²) in [7, 11) is 0. The first-order chi connectivity index (χ1) is 5.29. The maximum absolute atomic E-state index is 2.58. The molecule has 4 unspecified atom stereocenters. The minimum atomic E-state index is 0.884. The molecule has 4 bridgehead atoms. The molecule has 5 saturated carbocycles. The van der Waals surface area contributed by atoms with Gasteiger partial charge in [-0.15, -0.1) is 0 Å². The van der Waals surface area contributed by atoms with Crippen LogP contribution in [0.3, 0.4) is 0 Å². The maximum Gasteiger partial charge on any atom is -0.0255 e. The van der Waals surface area contributed by atoms with Gasteiger partial charge >= 0.3 is 0 Å². The normalized spacial score (nSPS) is 75.5. The first kappa shape index (κ1) is 5.61. The van der Waals surface area contributed by atoms with Gasteiger partial charge in [0.25, 0.3) is 0 Å². The van der Waals surface area contributed by atoms with Crippen molar-refractivity contribution >= 4 is 0 Å². The maximum atomic E-state index is 2.58. The molecule has 0 aromatic carbocycles. The van der Waals surface area contributed by atoms with Crippen molar-refractivity contribution in [2.45, 2.75) is 32.6 Å². The molecular weight excluding hydrogens is 132 g/mol. The second kappa shape index (κ2) is 1.30. The molecule has 0 saturated heterocycles. The third-order valence-corrected chi connectivity index (χ3v) is 5.42. The van der Waals surface area contributed by atoms with Gasteiger partial charge in [-0.2, -0.15) is 0 Å². The molecule has 0 spiro atoms. The third-order valence-electron chi connectivity index (χ3n) is 5.42. The van der Waals surface area contributed by atoms with Crippen molar-refractivity contribution in [3.63, 3.8) is 0 Å². The molecule has 0 aliphatic heterocycles. The van der Waals surface area contributed by atoms with Crippen molar-refractivity contribution in [2.24, 2.45) is 35.0 Å². The average molecular weight is 148 g/mol. The van der Waals surface area contributed by atoms with Crippen molar-refractivity contribution in [2.75, 3.05) is 0 Å². The molecule has 0 heteroatoms. The minimum absolute atomic E-state index is 0.884. The molecule has 4 atom stereocenters. The van der Waals surface area contributed by atoms with Crippen molar-refractivity contribution < 1.29 is 0 Å². The lowest BCUT2D eigenvalue weighted by Crippen LogP contribution is -2.33. The van der Waals surface area contributed by atoms with Crippen LogP contribution >= 0.6 is 0 Å². The molecule has 5 fully saturated rings. The first-order valence-corrected chi connectivity index (χ1v) is 5.29. The van der Waals surface area contributed by atoms with E-state index in [2.05, 4.69) is 6.92 Å². The van der Waals surface area contributed by atoms with Crippen molar-refractivity contribution in [1.82, 2.24) is 0 Å². The van der Waals surface area contributed by atoms with E-state index in [0.29, 0.717) is 0 Å². The summed E-state index contributed by atoms with van der Waals surface area (Å²) in [6.07, 6.45) is 6.47. The minimum Gasteiger partial charge on any atom is -0.0591 e. The monoisotopic (exact) mass is 148 g/mol. The summed E-state index contributed by atoms with van der Waals surface area (Å²) >= 11 is 0. The lowest BCUT2D eigenvalue weighted by atomic mass is 9.63. The second-order valence-electron chi connectivity index (χ2n) is 5.85. The Kier molecular flexibility index (Phi) is 0.661. The van der Waals surface area contributed by atoms with Gasteiger partial charge < -0.3 is 0 Å². The Balaban J connectivity index is 1.89. The predicted molar refractivity (Wildman–Crippen MR) is 44.0 cm³/mol. The van der Waals surface area contributed by atoms with Crippen LogP contribution in [0.4, 0.5) is 0 Å². The van der Waals surface area contributed by atoms with Crippen LogP contribution in [0.25, 0.3) is 0 Å². The lowest BCUT2D eigenvalue weighted by Gasteiger charge is -2.42. The van der Waals surface area contributed by atoms with Gasteiger partial charge in [0.15, 0.2) is 0 Å². The van der Waals surface area contributed by atoms with Crippen molar-refractivity contribution in [1.29, 1.82) is 0 Å². The number of hydrogen-bond acceptors (Lipinski definition) is 0. The van der Waals surface area contributed by atoms with E-state index in [-0.39, 0.29) is 0 Å². The molecule has 5 rings (SSSR count). The molecule has 0 nitrogen and oxygen atoms in total. The second-order valence-corrected chi connectivity index (χ2v) is 5.85. The Morgan fingerprint density at radius 2 is 1.64 bits per heavy atom. The topological polar surface area (TPSA) is 0 Å². The van der Waals surface area contributed by atoms with Gasteiger partial charge in [0.1, 0.15) is 0 Å². The van der Waals surface area contributed by atoms with Crippen LogP contribution in [0.1, 0.15) is 32.6 Å². The SMILES string of the molecule is CC12CC3CC4CC(C3)C1C42. The van der Waals surface area contributed by atoms with Gasteiger partial charge in [0, 0.05) is 0 Å². The zero-order valence-corrected chi connectivity index (χ0v) is 7.22. The van der Waals surface area contributed by atoms with Crippen molar-refractivity contribution in [3.05, 3.63) is 0 Å². The van der Waals surface area contributed by atoms with E-state index >= 15 is 0 Å². The van der Waals surface area contributed by atoms with Gasteiger partial charge in [-0.3, -0.25) is 0 Å².